The lowest BCUT2D eigenvalue weighted by atomic mass is 10.1. The Balaban J connectivity index is 2.00. The van der Waals surface area contributed by atoms with Crippen molar-refractivity contribution in [2.45, 2.75) is 19.2 Å². The van der Waals surface area contributed by atoms with E-state index in [4.69, 9.17) is 32.7 Å². The van der Waals surface area contributed by atoms with E-state index in [1.165, 1.54) is 10.4 Å². The third-order valence-electron chi connectivity index (χ3n) is 3.37. The fraction of sp³-hybridized carbons (Fsp3) is 0.333. The van der Waals surface area contributed by atoms with E-state index in [2.05, 4.69) is 19.9 Å². The highest BCUT2D eigenvalue weighted by molar-refractivity contribution is 7.12. The first-order valence-electron chi connectivity index (χ1n) is 6.36. The lowest BCUT2D eigenvalue weighted by molar-refractivity contribution is 0.171. The predicted molar refractivity (Wildman–Crippen MR) is 83.9 cm³/mol. The van der Waals surface area contributed by atoms with Gasteiger partial charge in [0.05, 0.1) is 5.38 Å². The van der Waals surface area contributed by atoms with Gasteiger partial charge in [0.25, 0.3) is 0 Å². The molecule has 0 radical (unpaired) electrons. The van der Waals surface area contributed by atoms with Gasteiger partial charge in [-0.25, -0.2) is 0 Å². The molecule has 1 aliphatic heterocycles. The maximum absolute atomic E-state index is 6.59. The minimum atomic E-state index is -0.268. The van der Waals surface area contributed by atoms with Crippen LogP contribution in [-0.4, -0.2) is 13.2 Å². The molecule has 1 unspecified atom stereocenters. The van der Waals surface area contributed by atoms with Crippen LogP contribution in [0, 0.1) is 13.8 Å². The Morgan fingerprint density at radius 3 is 2.35 bits per heavy atom. The number of fused-ring (bicyclic) bond motifs is 1. The molecule has 2 nitrogen and oxygen atoms in total. The van der Waals surface area contributed by atoms with Gasteiger partial charge in [0, 0.05) is 20.8 Å². The minimum Gasteiger partial charge on any atom is -0.486 e. The molecular weight excluding hydrogens is 315 g/mol. The van der Waals surface area contributed by atoms with E-state index >= 15 is 0 Å². The fourth-order valence-electron chi connectivity index (χ4n) is 2.15. The van der Waals surface area contributed by atoms with Crippen molar-refractivity contribution in [1.29, 1.82) is 0 Å². The molecule has 1 aromatic heterocycles. The summed E-state index contributed by atoms with van der Waals surface area (Å²) in [4.78, 5) is 2.37. The maximum atomic E-state index is 6.59. The van der Waals surface area contributed by atoms with Gasteiger partial charge < -0.3 is 9.47 Å². The van der Waals surface area contributed by atoms with Crippen LogP contribution in [-0.2, 0) is 0 Å². The minimum absolute atomic E-state index is 0.268. The van der Waals surface area contributed by atoms with Gasteiger partial charge in [0.2, 0.25) is 0 Å². The Morgan fingerprint density at radius 1 is 1.10 bits per heavy atom. The molecule has 0 aliphatic carbocycles. The second-order valence-corrected chi connectivity index (χ2v) is 6.90. The molecule has 106 valence electrons. The van der Waals surface area contributed by atoms with Crippen molar-refractivity contribution in [2.75, 3.05) is 13.2 Å². The van der Waals surface area contributed by atoms with Crippen LogP contribution in [0.2, 0.25) is 5.02 Å². The molecule has 0 bridgehead atoms. The number of hydrogen-bond acceptors (Lipinski definition) is 3. The Morgan fingerprint density at radius 2 is 1.75 bits per heavy atom. The van der Waals surface area contributed by atoms with Crippen LogP contribution in [0.25, 0.3) is 0 Å². The molecule has 3 rings (SSSR count). The molecule has 1 aromatic carbocycles. The lowest BCUT2D eigenvalue weighted by Crippen LogP contribution is -2.15. The third-order valence-corrected chi connectivity index (χ3v) is 5.51. The Hall–Kier alpha value is -0.900. The first kappa shape index (κ1) is 14.1. The molecule has 5 heteroatoms. The van der Waals surface area contributed by atoms with Crippen molar-refractivity contribution < 1.29 is 9.47 Å². The van der Waals surface area contributed by atoms with Crippen molar-refractivity contribution in [3.8, 4) is 11.5 Å². The summed E-state index contributed by atoms with van der Waals surface area (Å²) < 4.78 is 11.1. The Labute approximate surface area is 132 Å². The molecule has 0 spiro atoms. The zero-order valence-electron chi connectivity index (χ0n) is 11.2. The van der Waals surface area contributed by atoms with Crippen LogP contribution in [0.1, 0.15) is 26.3 Å². The highest BCUT2D eigenvalue weighted by atomic mass is 35.5. The summed E-state index contributed by atoms with van der Waals surface area (Å²) in [7, 11) is 0. The van der Waals surface area contributed by atoms with E-state index in [1.807, 2.05) is 6.07 Å². The standard InChI is InChI=1S/C15H14Cl2O2S/c1-8-5-14(20-9(8)2)15(17)10-6-12-13(7-11(10)16)19-4-3-18-12/h5-7,15H,3-4H2,1-2H3. The van der Waals surface area contributed by atoms with E-state index in [1.54, 1.807) is 17.4 Å². The number of thiophene rings is 1. The highest BCUT2D eigenvalue weighted by Crippen LogP contribution is 2.43. The van der Waals surface area contributed by atoms with E-state index in [0.717, 1.165) is 10.4 Å². The monoisotopic (exact) mass is 328 g/mol. The zero-order valence-corrected chi connectivity index (χ0v) is 13.5. The number of rotatable bonds is 2. The second-order valence-electron chi connectivity index (χ2n) is 4.77. The van der Waals surface area contributed by atoms with Gasteiger partial charge in [0.15, 0.2) is 11.5 Å². The largest absolute Gasteiger partial charge is 0.486 e. The number of halogens is 2. The normalized spacial score (nSPS) is 15.2. The summed E-state index contributed by atoms with van der Waals surface area (Å²) >= 11 is 14.6. The van der Waals surface area contributed by atoms with Gasteiger partial charge in [-0.1, -0.05) is 11.6 Å². The second kappa shape index (κ2) is 5.47. The molecule has 1 aliphatic rings. The quantitative estimate of drug-likeness (QED) is 0.712. The maximum Gasteiger partial charge on any atom is 0.162 e. The van der Waals surface area contributed by atoms with E-state index in [0.29, 0.717) is 29.7 Å². The average molecular weight is 329 g/mol. The van der Waals surface area contributed by atoms with Gasteiger partial charge in [-0.05, 0) is 37.1 Å². The number of benzene rings is 1. The van der Waals surface area contributed by atoms with Crippen LogP contribution >= 0.6 is 34.5 Å². The van der Waals surface area contributed by atoms with Crippen molar-refractivity contribution in [3.63, 3.8) is 0 Å². The molecule has 1 atom stereocenters. The molecule has 2 aromatic rings. The molecular formula is C15H14Cl2O2S. The van der Waals surface area contributed by atoms with Crippen molar-refractivity contribution >= 4 is 34.5 Å². The molecule has 0 fully saturated rings. The van der Waals surface area contributed by atoms with Crippen LogP contribution in [0.4, 0.5) is 0 Å². The Kier molecular flexibility index (Phi) is 3.85. The molecule has 0 amide bonds. The summed E-state index contributed by atoms with van der Waals surface area (Å²) in [5.74, 6) is 1.40. The van der Waals surface area contributed by atoms with Crippen LogP contribution < -0.4 is 9.47 Å². The SMILES string of the molecule is Cc1cc(C(Cl)c2cc3c(cc2Cl)OCCO3)sc1C. The zero-order chi connectivity index (χ0) is 14.3. The molecule has 20 heavy (non-hydrogen) atoms. The first-order chi connectivity index (χ1) is 9.56. The van der Waals surface area contributed by atoms with E-state index in [9.17, 15) is 0 Å². The number of hydrogen-bond donors (Lipinski definition) is 0. The van der Waals surface area contributed by atoms with Crippen molar-refractivity contribution in [1.82, 2.24) is 0 Å². The summed E-state index contributed by atoms with van der Waals surface area (Å²) in [6, 6.07) is 5.79. The topological polar surface area (TPSA) is 18.5 Å². The van der Waals surface area contributed by atoms with Gasteiger partial charge in [-0.2, -0.15) is 0 Å². The molecule has 2 heterocycles. The van der Waals surface area contributed by atoms with Crippen LogP contribution in [0.5, 0.6) is 11.5 Å². The van der Waals surface area contributed by atoms with Gasteiger partial charge >= 0.3 is 0 Å². The summed E-state index contributed by atoms with van der Waals surface area (Å²) in [5.41, 5.74) is 2.11. The van der Waals surface area contributed by atoms with Crippen molar-refractivity contribution in [2.24, 2.45) is 0 Å². The van der Waals surface area contributed by atoms with Crippen molar-refractivity contribution in [3.05, 3.63) is 44.1 Å². The number of aryl methyl sites for hydroxylation is 2. The lowest BCUT2D eigenvalue weighted by Gasteiger charge is -2.21. The predicted octanol–water partition coefficient (Wildman–Crippen LogP) is 5.12. The number of alkyl halides is 1. The van der Waals surface area contributed by atoms with Crippen LogP contribution in [0.15, 0.2) is 18.2 Å². The third kappa shape index (κ3) is 2.50. The first-order valence-corrected chi connectivity index (χ1v) is 7.99. The van der Waals surface area contributed by atoms with Gasteiger partial charge in [0.1, 0.15) is 13.2 Å². The van der Waals surface area contributed by atoms with Gasteiger partial charge in [-0.15, -0.1) is 22.9 Å². The van der Waals surface area contributed by atoms with Gasteiger partial charge in [-0.3, -0.25) is 0 Å². The Bertz CT molecular complexity index is 632. The smallest absolute Gasteiger partial charge is 0.162 e. The highest BCUT2D eigenvalue weighted by Gasteiger charge is 2.22. The number of ether oxygens (including phenoxy) is 2. The molecule has 0 saturated heterocycles. The van der Waals surface area contributed by atoms with Crippen LogP contribution in [0.3, 0.4) is 0 Å². The summed E-state index contributed by atoms with van der Waals surface area (Å²) in [6.45, 7) is 5.29. The fourth-order valence-corrected chi connectivity index (χ4v) is 3.89. The average Bonchev–Trinajstić information content (AvgIpc) is 2.77. The van der Waals surface area contributed by atoms with E-state index in [-0.39, 0.29) is 5.38 Å². The summed E-state index contributed by atoms with van der Waals surface area (Å²) in [5, 5.41) is 0.341. The molecule has 0 saturated carbocycles. The molecule has 0 N–H and O–H groups in total. The van der Waals surface area contributed by atoms with E-state index < -0.39 is 0 Å². The summed E-state index contributed by atoms with van der Waals surface area (Å²) in [6.07, 6.45) is 0.